The van der Waals surface area contributed by atoms with Crippen LogP contribution in [-0.2, 0) is 16.0 Å². The summed E-state index contributed by atoms with van der Waals surface area (Å²) in [5.74, 6) is -0.670. The molecular weight excluding hydrogens is 298 g/mol. The van der Waals surface area contributed by atoms with E-state index in [0.717, 1.165) is 19.5 Å². The van der Waals surface area contributed by atoms with Crippen LogP contribution in [0, 0.1) is 5.92 Å². The highest BCUT2D eigenvalue weighted by molar-refractivity contribution is 5.80. The van der Waals surface area contributed by atoms with Gasteiger partial charge in [0.2, 0.25) is 5.91 Å². The van der Waals surface area contributed by atoms with Gasteiger partial charge >= 0.3 is 5.97 Å². The van der Waals surface area contributed by atoms with E-state index in [4.69, 9.17) is 5.11 Å². The number of carbonyl (C=O) groups is 2. The third-order valence-corrected chi connectivity index (χ3v) is 4.30. The number of aromatic nitrogens is 3. The maximum atomic E-state index is 12.9. The summed E-state index contributed by atoms with van der Waals surface area (Å²) in [4.78, 5) is 25.4. The van der Waals surface area contributed by atoms with E-state index in [-0.39, 0.29) is 24.3 Å². The number of carbonyl (C=O) groups excluding carboxylic acids is 1. The molecule has 2 atom stereocenters. The van der Waals surface area contributed by atoms with Crippen LogP contribution in [0.3, 0.4) is 0 Å². The highest BCUT2D eigenvalue weighted by Crippen LogP contribution is 2.23. The summed E-state index contributed by atoms with van der Waals surface area (Å²) in [6, 6.07) is -0.385. The summed E-state index contributed by atoms with van der Waals surface area (Å²) in [6.07, 6.45) is 2.90. The molecule has 0 bridgehead atoms. The van der Waals surface area contributed by atoms with Crippen LogP contribution in [0.4, 0.5) is 0 Å². The lowest BCUT2D eigenvalue weighted by molar-refractivity contribution is -0.138. The quantitative estimate of drug-likeness (QED) is 0.749. The van der Waals surface area contributed by atoms with E-state index in [9.17, 15) is 9.59 Å². The predicted octanol–water partition coefficient (Wildman–Crippen LogP) is 0.314. The molecule has 1 amide bonds. The summed E-state index contributed by atoms with van der Waals surface area (Å²) in [5.41, 5.74) is 0.605. The molecule has 1 aliphatic rings. The van der Waals surface area contributed by atoms with Crippen molar-refractivity contribution in [3.63, 3.8) is 0 Å². The molecule has 1 aromatic heterocycles. The Morgan fingerprint density at radius 2 is 2.09 bits per heavy atom. The second kappa shape index (κ2) is 8.05. The van der Waals surface area contributed by atoms with Crippen molar-refractivity contribution in [1.29, 1.82) is 0 Å². The number of hydrogen-bond acceptors (Lipinski definition) is 5. The minimum absolute atomic E-state index is 0.0123. The molecule has 0 aliphatic carbocycles. The standard InChI is InChI=1S/C15H25N5O3/c1-3-11(2)14(15(23)19-8-6-16-7-9-19)20-10-12(17-18-20)4-5-13(21)22/h10-11,14,16H,3-9H2,1-2H3,(H,21,22)/t11?,14-/m0/s1. The number of nitrogens with zero attached hydrogens (tertiary/aromatic N) is 4. The van der Waals surface area contributed by atoms with Crippen molar-refractivity contribution < 1.29 is 14.7 Å². The van der Waals surface area contributed by atoms with E-state index < -0.39 is 5.97 Å². The van der Waals surface area contributed by atoms with Gasteiger partial charge < -0.3 is 15.3 Å². The molecule has 2 heterocycles. The Kier molecular flexibility index (Phi) is 6.09. The van der Waals surface area contributed by atoms with Crippen molar-refractivity contribution >= 4 is 11.9 Å². The lowest BCUT2D eigenvalue weighted by atomic mass is 9.97. The van der Waals surface area contributed by atoms with Gasteiger partial charge in [-0.3, -0.25) is 9.59 Å². The Morgan fingerprint density at radius 1 is 1.39 bits per heavy atom. The summed E-state index contributed by atoms with van der Waals surface area (Å²) < 4.78 is 1.61. The van der Waals surface area contributed by atoms with Gasteiger partial charge in [0.05, 0.1) is 12.1 Å². The number of carboxylic acids is 1. The average molecular weight is 323 g/mol. The fraction of sp³-hybridized carbons (Fsp3) is 0.733. The number of piperazine rings is 1. The molecule has 1 aliphatic heterocycles. The van der Waals surface area contributed by atoms with Crippen LogP contribution in [0.5, 0.6) is 0 Å². The molecule has 1 aromatic rings. The van der Waals surface area contributed by atoms with Crippen LogP contribution >= 0.6 is 0 Å². The van der Waals surface area contributed by atoms with Crippen molar-refractivity contribution in [3.05, 3.63) is 11.9 Å². The Morgan fingerprint density at radius 3 is 2.70 bits per heavy atom. The number of aryl methyl sites for hydroxylation is 1. The minimum Gasteiger partial charge on any atom is -0.481 e. The van der Waals surface area contributed by atoms with Gasteiger partial charge in [0.15, 0.2) is 0 Å². The van der Waals surface area contributed by atoms with Gasteiger partial charge in [0.25, 0.3) is 0 Å². The van der Waals surface area contributed by atoms with Crippen molar-refractivity contribution in [2.45, 2.75) is 39.2 Å². The molecule has 2 rings (SSSR count). The van der Waals surface area contributed by atoms with Crippen molar-refractivity contribution in [2.24, 2.45) is 5.92 Å². The zero-order valence-electron chi connectivity index (χ0n) is 13.7. The van der Waals surface area contributed by atoms with Crippen LogP contribution in [0.1, 0.15) is 38.4 Å². The van der Waals surface area contributed by atoms with Crippen LogP contribution in [-0.4, -0.2) is 63.1 Å². The summed E-state index contributed by atoms with van der Waals surface area (Å²) in [7, 11) is 0. The van der Waals surface area contributed by atoms with Crippen LogP contribution < -0.4 is 5.32 Å². The normalized spacial score (nSPS) is 17.7. The molecule has 23 heavy (non-hydrogen) atoms. The highest BCUT2D eigenvalue weighted by Gasteiger charge is 2.31. The molecule has 2 N–H and O–H groups in total. The third kappa shape index (κ3) is 4.51. The molecule has 1 fully saturated rings. The summed E-state index contributed by atoms with van der Waals surface area (Å²) in [5, 5.41) is 20.1. The van der Waals surface area contributed by atoms with Crippen LogP contribution in [0.15, 0.2) is 6.20 Å². The molecule has 128 valence electrons. The fourth-order valence-electron chi connectivity index (χ4n) is 2.71. The lowest BCUT2D eigenvalue weighted by Crippen LogP contribution is -2.49. The molecular formula is C15H25N5O3. The van der Waals surface area contributed by atoms with Gasteiger partial charge in [0.1, 0.15) is 6.04 Å². The summed E-state index contributed by atoms with van der Waals surface area (Å²) in [6.45, 7) is 7.09. The minimum atomic E-state index is -0.866. The van der Waals surface area contributed by atoms with Gasteiger partial charge in [-0.25, -0.2) is 4.68 Å². The lowest BCUT2D eigenvalue weighted by Gasteiger charge is -2.32. The molecule has 0 aromatic carbocycles. The van der Waals surface area contributed by atoms with Gasteiger partial charge in [-0.2, -0.15) is 0 Å². The second-order valence-electron chi connectivity index (χ2n) is 5.99. The molecule has 0 spiro atoms. The first kappa shape index (κ1) is 17.4. The number of amides is 1. The number of rotatable bonds is 7. The van der Waals surface area contributed by atoms with Crippen LogP contribution in [0.2, 0.25) is 0 Å². The number of hydrogen-bond donors (Lipinski definition) is 2. The molecule has 1 unspecified atom stereocenters. The molecule has 1 saturated heterocycles. The van der Waals surface area contributed by atoms with E-state index in [2.05, 4.69) is 15.6 Å². The second-order valence-corrected chi connectivity index (χ2v) is 5.99. The van der Waals surface area contributed by atoms with E-state index in [1.165, 1.54) is 0 Å². The maximum Gasteiger partial charge on any atom is 0.303 e. The number of carboxylic acid groups (broad SMARTS) is 1. The topological polar surface area (TPSA) is 100 Å². The van der Waals surface area contributed by atoms with Gasteiger partial charge in [-0.05, 0) is 5.92 Å². The zero-order valence-corrected chi connectivity index (χ0v) is 13.7. The van der Waals surface area contributed by atoms with Crippen molar-refractivity contribution in [1.82, 2.24) is 25.2 Å². The predicted molar refractivity (Wildman–Crippen MR) is 83.9 cm³/mol. The Labute approximate surface area is 135 Å². The first-order chi connectivity index (χ1) is 11.0. The Bertz CT molecular complexity index is 539. The third-order valence-electron chi connectivity index (χ3n) is 4.30. The molecule has 0 radical (unpaired) electrons. The van der Waals surface area contributed by atoms with E-state index in [1.54, 1.807) is 10.9 Å². The van der Waals surface area contributed by atoms with E-state index in [0.29, 0.717) is 25.2 Å². The maximum absolute atomic E-state index is 12.9. The molecule has 8 heteroatoms. The Balaban J connectivity index is 2.14. The van der Waals surface area contributed by atoms with E-state index >= 15 is 0 Å². The van der Waals surface area contributed by atoms with Gasteiger partial charge in [-0.15, -0.1) is 5.10 Å². The van der Waals surface area contributed by atoms with Gasteiger partial charge in [-0.1, -0.05) is 25.5 Å². The van der Waals surface area contributed by atoms with Crippen molar-refractivity contribution in [3.8, 4) is 0 Å². The number of nitrogens with one attached hydrogen (secondary N) is 1. The SMILES string of the molecule is CCC(C)[C@@H](C(=O)N1CCNCC1)n1cc(CCC(=O)O)nn1. The zero-order chi connectivity index (χ0) is 16.8. The smallest absolute Gasteiger partial charge is 0.303 e. The number of aliphatic carboxylic acids is 1. The first-order valence-corrected chi connectivity index (χ1v) is 8.15. The molecule has 8 nitrogen and oxygen atoms in total. The van der Waals surface area contributed by atoms with E-state index in [1.807, 2.05) is 18.7 Å². The largest absolute Gasteiger partial charge is 0.481 e. The van der Waals surface area contributed by atoms with Crippen molar-refractivity contribution in [2.75, 3.05) is 26.2 Å². The monoisotopic (exact) mass is 323 g/mol. The first-order valence-electron chi connectivity index (χ1n) is 8.15. The Hall–Kier alpha value is -1.96. The van der Waals surface area contributed by atoms with Crippen LogP contribution in [0.25, 0.3) is 0 Å². The average Bonchev–Trinajstić information content (AvgIpc) is 3.02. The van der Waals surface area contributed by atoms with Gasteiger partial charge in [0, 0.05) is 38.8 Å². The summed E-state index contributed by atoms with van der Waals surface area (Å²) >= 11 is 0. The highest BCUT2D eigenvalue weighted by atomic mass is 16.4. The molecule has 0 saturated carbocycles. The fourth-order valence-corrected chi connectivity index (χ4v) is 2.71.